The summed E-state index contributed by atoms with van der Waals surface area (Å²) in [4.78, 5) is 1.14. The Balaban J connectivity index is 2.07. The topological polar surface area (TPSA) is 38.0 Å². The zero-order chi connectivity index (χ0) is 14.7. The van der Waals surface area contributed by atoms with Gasteiger partial charge in [-0.25, -0.2) is 0 Å². The fourth-order valence-corrected chi connectivity index (χ4v) is 3.50. The Morgan fingerprint density at radius 1 is 1.25 bits per heavy atom. The lowest BCUT2D eigenvalue weighted by Crippen LogP contribution is -2.13. The third-order valence-electron chi connectivity index (χ3n) is 2.81. The first-order chi connectivity index (χ1) is 9.49. The maximum absolute atomic E-state index is 10.4. The minimum absolute atomic E-state index is 0.226. The molecule has 1 unspecified atom stereocenters. The fourth-order valence-electron chi connectivity index (χ4n) is 1.86. The number of nitrogens with zero attached hydrogens (tertiary/aromatic N) is 2. The molecular formula is C14H16Br2N2OS. The molecule has 0 bridgehead atoms. The summed E-state index contributed by atoms with van der Waals surface area (Å²) in [6.45, 7) is 4.11. The molecule has 6 heteroatoms. The first-order valence-electron chi connectivity index (χ1n) is 6.28. The molecule has 0 aliphatic heterocycles. The monoisotopic (exact) mass is 418 g/mol. The van der Waals surface area contributed by atoms with Gasteiger partial charge in [0, 0.05) is 21.2 Å². The van der Waals surface area contributed by atoms with Crippen LogP contribution in [0.15, 0.2) is 44.3 Å². The molecule has 20 heavy (non-hydrogen) atoms. The van der Waals surface area contributed by atoms with Crippen molar-refractivity contribution in [1.82, 2.24) is 9.78 Å². The van der Waals surface area contributed by atoms with Crippen LogP contribution in [0, 0.1) is 0 Å². The van der Waals surface area contributed by atoms with Crippen molar-refractivity contribution in [3.63, 3.8) is 0 Å². The van der Waals surface area contributed by atoms with E-state index in [-0.39, 0.29) is 6.04 Å². The molecule has 0 fully saturated rings. The average Bonchev–Trinajstić information content (AvgIpc) is 2.80. The normalized spacial score (nSPS) is 12.9. The van der Waals surface area contributed by atoms with Gasteiger partial charge in [-0.1, -0.05) is 15.9 Å². The SMILES string of the molecule is CC(C)n1ncc(Br)c1C(O)CSc1ccc(Br)cc1. The van der Waals surface area contributed by atoms with Gasteiger partial charge in [-0.2, -0.15) is 5.10 Å². The van der Waals surface area contributed by atoms with Crippen molar-refractivity contribution in [2.75, 3.05) is 5.75 Å². The molecule has 1 heterocycles. The standard InChI is InChI=1S/C14H16Br2N2OS/c1-9(2)18-14(12(16)7-17-18)13(19)8-20-11-5-3-10(15)4-6-11/h3-7,9,13,19H,8H2,1-2H3. The highest BCUT2D eigenvalue weighted by atomic mass is 79.9. The van der Waals surface area contributed by atoms with E-state index >= 15 is 0 Å². The first-order valence-corrected chi connectivity index (χ1v) is 8.85. The number of halogens is 2. The van der Waals surface area contributed by atoms with E-state index in [2.05, 4.69) is 50.8 Å². The first kappa shape index (κ1) is 16.1. The van der Waals surface area contributed by atoms with Crippen molar-refractivity contribution in [3.8, 4) is 0 Å². The molecule has 3 nitrogen and oxygen atoms in total. The van der Waals surface area contributed by atoms with E-state index in [0.29, 0.717) is 5.75 Å². The van der Waals surface area contributed by atoms with Gasteiger partial charge in [0.2, 0.25) is 0 Å². The van der Waals surface area contributed by atoms with Gasteiger partial charge >= 0.3 is 0 Å². The van der Waals surface area contributed by atoms with E-state index in [1.54, 1.807) is 18.0 Å². The smallest absolute Gasteiger partial charge is 0.106 e. The third kappa shape index (κ3) is 3.87. The summed E-state index contributed by atoms with van der Waals surface area (Å²) in [5.74, 6) is 0.596. The Morgan fingerprint density at radius 2 is 1.90 bits per heavy atom. The van der Waals surface area contributed by atoms with Crippen molar-refractivity contribution >= 4 is 43.6 Å². The molecule has 0 amide bonds. The van der Waals surface area contributed by atoms with Crippen LogP contribution >= 0.6 is 43.6 Å². The Hall–Kier alpha value is -0.300. The zero-order valence-corrected chi connectivity index (χ0v) is 15.2. The molecule has 1 aromatic carbocycles. The van der Waals surface area contributed by atoms with Crippen molar-refractivity contribution in [3.05, 3.63) is 45.1 Å². The van der Waals surface area contributed by atoms with E-state index in [9.17, 15) is 5.11 Å². The number of hydrogen-bond donors (Lipinski definition) is 1. The molecule has 0 aliphatic rings. The largest absolute Gasteiger partial charge is 0.386 e. The predicted molar refractivity (Wildman–Crippen MR) is 90.1 cm³/mol. The lowest BCUT2D eigenvalue weighted by atomic mass is 10.2. The van der Waals surface area contributed by atoms with Gasteiger partial charge in [-0.05, 0) is 54.0 Å². The quantitative estimate of drug-likeness (QED) is 0.706. The molecule has 0 saturated heterocycles. The predicted octanol–water partition coefficient (Wildman–Crippen LogP) is 4.81. The molecular weight excluding hydrogens is 404 g/mol. The number of aromatic nitrogens is 2. The van der Waals surface area contributed by atoms with E-state index in [1.165, 1.54) is 0 Å². The Morgan fingerprint density at radius 3 is 2.50 bits per heavy atom. The molecule has 1 atom stereocenters. The molecule has 1 aromatic heterocycles. The van der Waals surface area contributed by atoms with Crippen LogP contribution in [0.4, 0.5) is 0 Å². The van der Waals surface area contributed by atoms with Gasteiger partial charge in [0.25, 0.3) is 0 Å². The molecule has 0 aliphatic carbocycles. The van der Waals surface area contributed by atoms with Crippen molar-refractivity contribution in [1.29, 1.82) is 0 Å². The van der Waals surface area contributed by atoms with Gasteiger partial charge in [-0.3, -0.25) is 4.68 Å². The number of aliphatic hydroxyl groups is 1. The van der Waals surface area contributed by atoms with E-state index in [1.807, 2.05) is 28.9 Å². The number of aliphatic hydroxyl groups excluding tert-OH is 1. The number of rotatable bonds is 5. The van der Waals surface area contributed by atoms with Crippen molar-refractivity contribution < 1.29 is 5.11 Å². The second-order valence-electron chi connectivity index (χ2n) is 4.70. The molecule has 2 aromatic rings. The lowest BCUT2D eigenvalue weighted by Gasteiger charge is -2.16. The van der Waals surface area contributed by atoms with Crippen LogP contribution in [0.25, 0.3) is 0 Å². The van der Waals surface area contributed by atoms with Gasteiger partial charge in [0.15, 0.2) is 0 Å². The van der Waals surface area contributed by atoms with Crippen LogP contribution in [0.5, 0.6) is 0 Å². The molecule has 1 N–H and O–H groups in total. The van der Waals surface area contributed by atoms with Crippen LogP contribution in [0.2, 0.25) is 0 Å². The van der Waals surface area contributed by atoms with E-state index < -0.39 is 6.10 Å². The van der Waals surface area contributed by atoms with Crippen LogP contribution in [0.1, 0.15) is 31.7 Å². The second kappa shape index (κ2) is 7.11. The van der Waals surface area contributed by atoms with Crippen molar-refractivity contribution in [2.45, 2.75) is 30.9 Å². The Bertz CT molecular complexity index is 569. The van der Waals surface area contributed by atoms with Crippen LogP contribution in [0.3, 0.4) is 0 Å². The second-order valence-corrected chi connectivity index (χ2v) is 7.56. The summed E-state index contributed by atoms with van der Waals surface area (Å²) >= 11 is 8.51. The summed E-state index contributed by atoms with van der Waals surface area (Å²) in [6, 6.07) is 8.31. The summed E-state index contributed by atoms with van der Waals surface area (Å²) in [5, 5.41) is 14.7. The van der Waals surface area contributed by atoms with Crippen LogP contribution in [-0.4, -0.2) is 20.6 Å². The minimum Gasteiger partial charge on any atom is -0.386 e. The highest BCUT2D eigenvalue weighted by Crippen LogP contribution is 2.30. The average molecular weight is 420 g/mol. The van der Waals surface area contributed by atoms with E-state index in [0.717, 1.165) is 19.5 Å². The summed E-state index contributed by atoms with van der Waals surface area (Å²) in [6.07, 6.45) is 1.19. The molecule has 2 rings (SSSR count). The van der Waals surface area contributed by atoms with Gasteiger partial charge in [-0.15, -0.1) is 11.8 Å². The maximum atomic E-state index is 10.4. The molecule has 0 radical (unpaired) electrons. The lowest BCUT2D eigenvalue weighted by molar-refractivity contribution is 0.188. The fraction of sp³-hybridized carbons (Fsp3) is 0.357. The Kier molecular flexibility index (Phi) is 5.72. The number of thioether (sulfide) groups is 1. The summed E-state index contributed by atoms with van der Waals surface area (Å²) in [7, 11) is 0. The molecule has 0 saturated carbocycles. The third-order valence-corrected chi connectivity index (χ3v) is 5.04. The van der Waals surface area contributed by atoms with Gasteiger partial charge in [0.05, 0.1) is 16.4 Å². The van der Waals surface area contributed by atoms with Crippen LogP contribution in [-0.2, 0) is 0 Å². The highest BCUT2D eigenvalue weighted by molar-refractivity contribution is 9.10. The highest BCUT2D eigenvalue weighted by Gasteiger charge is 2.19. The zero-order valence-electron chi connectivity index (χ0n) is 11.3. The van der Waals surface area contributed by atoms with E-state index in [4.69, 9.17) is 0 Å². The number of benzene rings is 1. The minimum atomic E-state index is -0.553. The maximum Gasteiger partial charge on any atom is 0.106 e. The summed E-state index contributed by atoms with van der Waals surface area (Å²) in [5.41, 5.74) is 0.838. The van der Waals surface area contributed by atoms with Crippen molar-refractivity contribution in [2.24, 2.45) is 0 Å². The van der Waals surface area contributed by atoms with Crippen LogP contribution < -0.4 is 0 Å². The molecule has 108 valence electrons. The van der Waals surface area contributed by atoms with Gasteiger partial charge < -0.3 is 5.11 Å². The summed E-state index contributed by atoms with van der Waals surface area (Å²) < 4.78 is 3.77. The Labute approximate surface area is 140 Å². The number of hydrogen-bond acceptors (Lipinski definition) is 3. The molecule has 0 spiro atoms. The van der Waals surface area contributed by atoms with Gasteiger partial charge in [0.1, 0.15) is 6.10 Å².